The molecule has 0 amide bonds. The number of hydrogen-bond acceptors (Lipinski definition) is 3. The van der Waals surface area contributed by atoms with Crippen molar-refractivity contribution in [1.82, 2.24) is 4.98 Å². The first-order chi connectivity index (χ1) is 7.13. The van der Waals surface area contributed by atoms with E-state index in [1.54, 1.807) is 0 Å². The third-order valence-corrected chi connectivity index (χ3v) is 3.13. The van der Waals surface area contributed by atoms with E-state index in [-0.39, 0.29) is 5.15 Å². The fourth-order valence-corrected chi connectivity index (χ4v) is 2.16. The molecule has 0 spiro atoms. The fourth-order valence-electron chi connectivity index (χ4n) is 1.93. The average molecular weight is 226 g/mol. The van der Waals surface area contributed by atoms with Gasteiger partial charge in [0.1, 0.15) is 5.15 Å². The number of pyridine rings is 1. The molecular formula is C11H12ClNO2. The Bertz CT molecular complexity index is 417. The monoisotopic (exact) mass is 225 g/mol. The van der Waals surface area contributed by atoms with Crippen molar-refractivity contribution >= 4 is 17.6 Å². The van der Waals surface area contributed by atoms with Crippen LogP contribution in [0.15, 0.2) is 6.07 Å². The molecule has 0 radical (unpaired) electrons. The van der Waals surface area contributed by atoms with Crippen molar-refractivity contribution in [1.29, 1.82) is 0 Å². The summed E-state index contributed by atoms with van der Waals surface area (Å²) >= 11 is 5.92. The second-order valence-corrected chi connectivity index (χ2v) is 4.15. The summed E-state index contributed by atoms with van der Waals surface area (Å²) in [6.45, 7) is 2.13. The van der Waals surface area contributed by atoms with E-state index in [4.69, 9.17) is 11.6 Å². The molecule has 0 saturated carbocycles. The molecule has 1 aromatic rings. The van der Waals surface area contributed by atoms with Crippen LogP contribution >= 0.6 is 11.6 Å². The van der Waals surface area contributed by atoms with Gasteiger partial charge in [-0.05, 0) is 30.4 Å². The number of carbonyl (C=O) groups excluding carboxylic acids is 1. The first kappa shape index (κ1) is 10.4. The van der Waals surface area contributed by atoms with E-state index in [9.17, 15) is 4.79 Å². The van der Waals surface area contributed by atoms with Crippen LogP contribution < -0.4 is 0 Å². The molecule has 4 heteroatoms. The number of aryl methyl sites for hydroxylation is 1. The zero-order chi connectivity index (χ0) is 11.0. The summed E-state index contributed by atoms with van der Waals surface area (Å²) in [5.74, 6) is 0.0302. The molecule has 0 saturated heterocycles. The molecule has 0 aromatic carbocycles. The molecule has 1 aliphatic carbocycles. The molecule has 2 rings (SSSR count). The van der Waals surface area contributed by atoms with E-state index < -0.39 is 5.97 Å². The zero-order valence-corrected chi connectivity index (χ0v) is 9.47. The number of esters is 1. The summed E-state index contributed by atoms with van der Waals surface area (Å²) in [6.07, 6.45) is 2.01. The molecular weight excluding hydrogens is 214 g/mol. The van der Waals surface area contributed by atoms with Gasteiger partial charge >= 0.3 is 5.97 Å². The van der Waals surface area contributed by atoms with Crippen LogP contribution in [0.4, 0.5) is 0 Å². The third kappa shape index (κ3) is 1.72. The number of hydrogen-bond donors (Lipinski definition) is 0. The van der Waals surface area contributed by atoms with Crippen molar-refractivity contribution in [3.8, 4) is 0 Å². The minimum absolute atomic E-state index is 0.245. The molecule has 3 nitrogen and oxygen atoms in total. The van der Waals surface area contributed by atoms with Gasteiger partial charge < -0.3 is 4.74 Å². The van der Waals surface area contributed by atoms with Gasteiger partial charge in [-0.15, -0.1) is 0 Å². The van der Waals surface area contributed by atoms with Crippen LogP contribution in [0.5, 0.6) is 0 Å². The van der Waals surface area contributed by atoms with Crippen molar-refractivity contribution in [2.75, 3.05) is 7.11 Å². The first-order valence-corrected chi connectivity index (χ1v) is 5.29. The van der Waals surface area contributed by atoms with Crippen LogP contribution in [-0.4, -0.2) is 18.1 Å². The predicted molar refractivity (Wildman–Crippen MR) is 57.3 cm³/mol. The predicted octanol–water partition coefficient (Wildman–Crippen LogP) is 2.57. The van der Waals surface area contributed by atoms with Gasteiger partial charge in [-0.3, -0.25) is 0 Å². The highest BCUT2D eigenvalue weighted by Crippen LogP contribution is 2.33. The fraction of sp³-hybridized carbons (Fsp3) is 0.455. The van der Waals surface area contributed by atoms with Gasteiger partial charge in [0, 0.05) is 5.69 Å². The van der Waals surface area contributed by atoms with Crippen LogP contribution in [0, 0.1) is 0 Å². The quantitative estimate of drug-likeness (QED) is 0.545. The number of aromatic nitrogens is 1. The molecule has 0 aliphatic heterocycles. The Morgan fingerprint density at radius 2 is 2.40 bits per heavy atom. The summed E-state index contributed by atoms with van der Waals surface area (Å²) in [6, 6.07) is 1.81. The summed E-state index contributed by atoms with van der Waals surface area (Å²) in [5, 5.41) is 0.245. The lowest BCUT2D eigenvalue weighted by atomic mass is 10.0. The van der Waals surface area contributed by atoms with Crippen molar-refractivity contribution in [3.05, 3.63) is 28.0 Å². The topological polar surface area (TPSA) is 39.2 Å². The van der Waals surface area contributed by atoms with Crippen molar-refractivity contribution < 1.29 is 9.53 Å². The number of carbonyl (C=O) groups is 1. The Morgan fingerprint density at radius 3 is 3.07 bits per heavy atom. The van der Waals surface area contributed by atoms with Gasteiger partial charge in [0.25, 0.3) is 0 Å². The third-order valence-electron chi connectivity index (χ3n) is 2.84. The number of ether oxygens (including phenoxy) is 1. The van der Waals surface area contributed by atoms with Crippen LogP contribution in [-0.2, 0) is 11.2 Å². The molecule has 15 heavy (non-hydrogen) atoms. The Kier molecular flexibility index (Phi) is 2.65. The molecule has 1 aliphatic rings. The highest BCUT2D eigenvalue weighted by Gasteiger charge is 2.24. The van der Waals surface area contributed by atoms with E-state index in [1.807, 2.05) is 6.07 Å². The van der Waals surface area contributed by atoms with Gasteiger partial charge in [-0.2, -0.15) is 0 Å². The maximum atomic E-state index is 11.4. The lowest BCUT2D eigenvalue weighted by molar-refractivity contribution is 0.0600. The highest BCUT2D eigenvalue weighted by molar-refractivity contribution is 6.32. The summed E-state index contributed by atoms with van der Waals surface area (Å²) < 4.78 is 4.65. The standard InChI is InChI=1S/C11H12ClNO2/c1-6-3-4-9-7(6)5-8(10(12)13-9)11(14)15-2/h5-6H,3-4H2,1-2H3. The van der Waals surface area contributed by atoms with Crippen LogP contribution in [0.3, 0.4) is 0 Å². The SMILES string of the molecule is COC(=O)c1cc2c(nc1Cl)CCC2C. The number of nitrogens with zero attached hydrogens (tertiary/aromatic N) is 1. The Morgan fingerprint density at radius 1 is 1.67 bits per heavy atom. The van der Waals surface area contributed by atoms with Gasteiger partial charge in [0.05, 0.1) is 12.7 Å². The Hall–Kier alpha value is -1.09. The lowest BCUT2D eigenvalue weighted by Crippen LogP contribution is -2.05. The minimum atomic E-state index is -0.422. The molecule has 80 valence electrons. The smallest absolute Gasteiger partial charge is 0.341 e. The van der Waals surface area contributed by atoms with E-state index in [1.165, 1.54) is 7.11 Å². The van der Waals surface area contributed by atoms with Crippen molar-refractivity contribution in [3.63, 3.8) is 0 Å². The van der Waals surface area contributed by atoms with E-state index >= 15 is 0 Å². The normalized spacial score (nSPS) is 18.7. The van der Waals surface area contributed by atoms with Crippen LogP contribution in [0.1, 0.15) is 40.9 Å². The Balaban J connectivity index is 2.50. The van der Waals surface area contributed by atoms with Crippen molar-refractivity contribution in [2.45, 2.75) is 25.7 Å². The maximum Gasteiger partial charge on any atom is 0.341 e. The Labute approximate surface area is 93.4 Å². The first-order valence-electron chi connectivity index (χ1n) is 4.91. The average Bonchev–Trinajstić information content (AvgIpc) is 2.58. The van der Waals surface area contributed by atoms with E-state index in [0.29, 0.717) is 11.5 Å². The number of rotatable bonds is 1. The van der Waals surface area contributed by atoms with E-state index in [0.717, 1.165) is 24.1 Å². The molecule has 1 heterocycles. The number of fused-ring (bicyclic) bond motifs is 1. The second kappa shape index (κ2) is 3.81. The number of halogens is 1. The van der Waals surface area contributed by atoms with Gasteiger partial charge in [0.2, 0.25) is 0 Å². The molecule has 0 bridgehead atoms. The maximum absolute atomic E-state index is 11.4. The van der Waals surface area contributed by atoms with Crippen LogP contribution in [0.2, 0.25) is 5.15 Å². The van der Waals surface area contributed by atoms with Gasteiger partial charge in [-0.25, -0.2) is 9.78 Å². The van der Waals surface area contributed by atoms with Crippen LogP contribution in [0.25, 0.3) is 0 Å². The lowest BCUT2D eigenvalue weighted by Gasteiger charge is -2.07. The number of methoxy groups -OCH3 is 1. The molecule has 1 aromatic heterocycles. The second-order valence-electron chi connectivity index (χ2n) is 3.79. The summed E-state index contributed by atoms with van der Waals surface area (Å²) in [5.41, 5.74) is 2.51. The molecule has 1 unspecified atom stereocenters. The summed E-state index contributed by atoms with van der Waals surface area (Å²) in [4.78, 5) is 15.6. The van der Waals surface area contributed by atoms with Gasteiger partial charge in [0.15, 0.2) is 0 Å². The highest BCUT2D eigenvalue weighted by atomic mass is 35.5. The molecule has 0 fully saturated rings. The molecule has 1 atom stereocenters. The molecule has 0 N–H and O–H groups in total. The van der Waals surface area contributed by atoms with Gasteiger partial charge in [-0.1, -0.05) is 18.5 Å². The summed E-state index contributed by atoms with van der Waals surface area (Å²) in [7, 11) is 1.34. The van der Waals surface area contributed by atoms with E-state index in [2.05, 4.69) is 16.6 Å². The zero-order valence-electron chi connectivity index (χ0n) is 8.71. The van der Waals surface area contributed by atoms with Crippen molar-refractivity contribution in [2.24, 2.45) is 0 Å². The largest absolute Gasteiger partial charge is 0.465 e. The minimum Gasteiger partial charge on any atom is -0.465 e.